The Morgan fingerprint density at radius 2 is 1.79 bits per heavy atom. The van der Waals surface area contributed by atoms with Crippen LogP contribution in [-0.2, 0) is 4.74 Å². The molecule has 2 aromatic carbocycles. The summed E-state index contributed by atoms with van der Waals surface area (Å²) in [7, 11) is 0. The average Bonchev–Trinajstić information content (AvgIpc) is 2.49. The first-order chi connectivity index (χ1) is 9.40. The van der Waals surface area contributed by atoms with E-state index in [1.807, 2.05) is 0 Å². The first-order valence-electron chi connectivity index (χ1n) is 6.89. The molecule has 3 nitrogen and oxygen atoms in total. The van der Waals surface area contributed by atoms with Gasteiger partial charge in [-0.05, 0) is 16.3 Å². The van der Waals surface area contributed by atoms with Crippen molar-refractivity contribution in [3.05, 3.63) is 48.0 Å². The number of benzene rings is 2. The molecule has 2 N–H and O–H groups in total. The molecule has 100 valence electrons. The highest BCUT2D eigenvalue weighted by molar-refractivity contribution is 5.86. The lowest BCUT2D eigenvalue weighted by atomic mass is 9.97. The second kappa shape index (κ2) is 5.70. The lowest BCUT2D eigenvalue weighted by Gasteiger charge is -2.34. The van der Waals surface area contributed by atoms with Crippen LogP contribution in [0.2, 0.25) is 0 Å². The molecule has 19 heavy (non-hydrogen) atoms. The van der Waals surface area contributed by atoms with Crippen LogP contribution in [0.4, 0.5) is 0 Å². The molecule has 0 amide bonds. The van der Waals surface area contributed by atoms with Gasteiger partial charge in [-0.2, -0.15) is 0 Å². The average molecular weight is 256 g/mol. The number of nitrogens with zero attached hydrogens (tertiary/aromatic N) is 1. The Balaban J connectivity index is 2.00. The lowest BCUT2D eigenvalue weighted by molar-refractivity contribution is 0.0182. The molecule has 1 aliphatic rings. The molecule has 1 atom stereocenters. The van der Waals surface area contributed by atoms with Gasteiger partial charge >= 0.3 is 0 Å². The van der Waals surface area contributed by atoms with Crippen molar-refractivity contribution < 1.29 is 4.74 Å². The zero-order chi connectivity index (χ0) is 13.1. The SMILES string of the molecule is NCC(c1cccc2ccccc12)N1CCOCC1. The largest absolute Gasteiger partial charge is 0.379 e. The van der Waals surface area contributed by atoms with Crippen molar-refractivity contribution in [3.63, 3.8) is 0 Å². The summed E-state index contributed by atoms with van der Waals surface area (Å²) >= 11 is 0. The van der Waals surface area contributed by atoms with E-state index in [-0.39, 0.29) is 6.04 Å². The second-order valence-corrected chi connectivity index (χ2v) is 4.97. The number of hydrogen-bond donors (Lipinski definition) is 1. The molecule has 0 bridgehead atoms. The highest BCUT2D eigenvalue weighted by Gasteiger charge is 2.22. The van der Waals surface area contributed by atoms with Gasteiger partial charge in [0.2, 0.25) is 0 Å². The van der Waals surface area contributed by atoms with Gasteiger partial charge in [0.15, 0.2) is 0 Å². The topological polar surface area (TPSA) is 38.5 Å². The second-order valence-electron chi connectivity index (χ2n) is 4.97. The van der Waals surface area contributed by atoms with Crippen LogP contribution in [0.25, 0.3) is 10.8 Å². The summed E-state index contributed by atoms with van der Waals surface area (Å²) in [5, 5.41) is 2.60. The van der Waals surface area contributed by atoms with Gasteiger partial charge in [-0.15, -0.1) is 0 Å². The Labute approximate surface area is 114 Å². The summed E-state index contributed by atoms with van der Waals surface area (Å²) in [6.45, 7) is 4.19. The van der Waals surface area contributed by atoms with E-state index >= 15 is 0 Å². The van der Waals surface area contributed by atoms with Crippen molar-refractivity contribution in [2.45, 2.75) is 6.04 Å². The Bertz CT molecular complexity index is 544. The molecular weight excluding hydrogens is 236 g/mol. The van der Waals surface area contributed by atoms with Gasteiger partial charge in [-0.25, -0.2) is 0 Å². The Hall–Kier alpha value is -1.42. The molecule has 1 saturated heterocycles. The quantitative estimate of drug-likeness (QED) is 0.914. The zero-order valence-electron chi connectivity index (χ0n) is 11.1. The molecule has 3 heteroatoms. The van der Waals surface area contributed by atoms with Crippen LogP contribution >= 0.6 is 0 Å². The van der Waals surface area contributed by atoms with Gasteiger partial charge in [0, 0.05) is 25.7 Å². The van der Waals surface area contributed by atoms with Gasteiger partial charge in [0.05, 0.1) is 13.2 Å². The van der Waals surface area contributed by atoms with E-state index in [1.165, 1.54) is 16.3 Å². The Kier molecular flexibility index (Phi) is 3.78. The molecule has 0 aliphatic carbocycles. The Morgan fingerprint density at radius 3 is 2.58 bits per heavy atom. The molecule has 3 rings (SSSR count). The van der Waals surface area contributed by atoms with Crippen LogP contribution in [0.3, 0.4) is 0 Å². The van der Waals surface area contributed by atoms with Crippen LogP contribution < -0.4 is 5.73 Å². The summed E-state index contributed by atoms with van der Waals surface area (Å²) in [4.78, 5) is 2.44. The first-order valence-corrected chi connectivity index (χ1v) is 6.89. The van der Waals surface area contributed by atoms with Gasteiger partial charge in [0.1, 0.15) is 0 Å². The normalized spacial score (nSPS) is 18.6. The van der Waals surface area contributed by atoms with Gasteiger partial charge in [-0.1, -0.05) is 42.5 Å². The van der Waals surface area contributed by atoms with E-state index in [1.54, 1.807) is 0 Å². The van der Waals surface area contributed by atoms with Crippen molar-refractivity contribution in [3.8, 4) is 0 Å². The van der Waals surface area contributed by atoms with Crippen molar-refractivity contribution in [2.24, 2.45) is 5.73 Å². The number of fused-ring (bicyclic) bond motifs is 1. The van der Waals surface area contributed by atoms with Crippen molar-refractivity contribution in [1.82, 2.24) is 4.90 Å². The monoisotopic (exact) mass is 256 g/mol. The molecule has 1 heterocycles. The number of morpholine rings is 1. The summed E-state index contributed by atoms with van der Waals surface area (Å²) in [5.41, 5.74) is 7.38. The summed E-state index contributed by atoms with van der Waals surface area (Å²) in [5.74, 6) is 0. The van der Waals surface area contributed by atoms with E-state index in [0.717, 1.165) is 26.3 Å². The molecule has 1 aliphatic heterocycles. The van der Waals surface area contributed by atoms with E-state index in [9.17, 15) is 0 Å². The van der Waals surface area contributed by atoms with E-state index in [4.69, 9.17) is 10.5 Å². The van der Waals surface area contributed by atoms with E-state index in [2.05, 4.69) is 47.4 Å². The maximum Gasteiger partial charge on any atom is 0.0594 e. The number of ether oxygens (including phenoxy) is 1. The third-order valence-corrected chi connectivity index (χ3v) is 3.89. The van der Waals surface area contributed by atoms with Crippen LogP contribution in [0.5, 0.6) is 0 Å². The minimum Gasteiger partial charge on any atom is -0.379 e. The van der Waals surface area contributed by atoms with Crippen LogP contribution in [0.15, 0.2) is 42.5 Å². The maximum atomic E-state index is 6.04. The van der Waals surface area contributed by atoms with Gasteiger partial charge in [0.25, 0.3) is 0 Å². The van der Waals surface area contributed by atoms with Crippen molar-refractivity contribution in [2.75, 3.05) is 32.8 Å². The molecular formula is C16H20N2O. The van der Waals surface area contributed by atoms with E-state index in [0.29, 0.717) is 6.54 Å². The fraction of sp³-hybridized carbons (Fsp3) is 0.375. The van der Waals surface area contributed by atoms with Gasteiger partial charge < -0.3 is 10.5 Å². The fourth-order valence-electron chi connectivity index (χ4n) is 2.90. The molecule has 1 unspecified atom stereocenters. The predicted molar refractivity (Wildman–Crippen MR) is 78.1 cm³/mol. The van der Waals surface area contributed by atoms with Crippen molar-refractivity contribution in [1.29, 1.82) is 0 Å². The maximum absolute atomic E-state index is 6.04. The van der Waals surface area contributed by atoms with Crippen LogP contribution in [0, 0.1) is 0 Å². The molecule has 2 aromatic rings. The summed E-state index contributed by atoms with van der Waals surface area (Å²) in [6, 6.07) is 15.3. The smallest absolute Gasteiger partial charge is 0.0594 e. The molecule has 0 saturated carbocycles. The number of rotatable bonds is 3. The summed E-state index contributed by atoms with van der Waals surface area (Å²) in [6.07, 6.45) is 0. The fourth-order valence-corrected chi connectivity index (χ4v) is 2.90. The van der Waals surface area contributed by atoms with Gasteiger partial charge in [-0.3, -0.25) is 4.90 Å². The number of nitrogens with two attached hydrogens (primary N) is 1. The van der Waals surface area contributed by atoms with E-state index < -0.39 is 0 Å². The first kappa shape index (κ1) is 12.6. The third-order valence-electron chi connectivity index (χ3n) is 3.89. The van der Waals surface area contributed by atoms with Crippen LogP contribution in [-0.4, -0.2) is 37.7 Å². The Morgan fingerprint density at radius 1 is 1.05 bits per heavy atom. The highest BCUT2D eigenvalue weighted by atomic mass is 16.5. The number of hydrogen-bond acceptors (Lipinski definition) is 3. The lowest BCUT2D eigenvalue weighted by Crippen LogP contribution is -2.41. The highest BCUT2D eigenvalue weighted by Crippen LogP contribution is 2.28. The zero-order valence-corrected chi connectivity index (χ0v) is 11.1. The molecule has 0 spiro atoms. The standard InChI is InChI=1S/C16H20N2O/c17-12-16(18-8-10-19-11-9-18)15-7-3-5-13-4-1-2-6-14(13)15/h1-7,16H,8-12,17H2. The molecule has 1 fully saturated rings. The molecule has 0 radical (unpaired) electrons. The minimum absolute atomic E-state index is 0.287. The van der Waals surface area contributed by atoms with Crippen molar-refractivity contribution >= 4 is 10.8 Å². The molecule has 0 aromatic heterocycles. The summed E-state index contributed by atoms with van der Waals surface area (Å²) < 4.78 is 5.44. The van der Waals surface area contributed by atoms with Crippen LogP contribution in [0.1, 0.15) is 11.6 Å². The minimum atomic E-state index is 0.287. The predicted octanol–water partition coefficient (Wildman–Crippen LogP) is 2.17. The third kappa shape index (κ3) is 2.50.